The molecule has 0 aliphatic heterocycles. The number of benzene rings is 2. The van der Waals surface area contributed by atoms with Gasteiger partial charge in [-0.05, 0) is 43.4 Å². The zero-order valence-electron chi connectivity index (χ0n) is 11.9. The molecule has 0 fully saturated rings. The Morgan fingerprint density at radius 2 is 2.10 bits per heavy atom. The highest BCUT2D eigenvalue weighted by molar-refractivity contribution is 9.10. The zero-order chi connectivity index (χ0) is 15.2. The van der Waals surface area contributed by atoms with Crippen molar-refractivity contribution in [2.45, 2.75) is 10.9 Å². The lowest BCUT2D eigenvalue weighted by atomic mass is 10.1. The van der Waals surface area contributed by atoms with Crippen LogP contribution in [-0.2, 0) is 0 Å². The normalized spacial score (nSPS) is 12.2. The lowest BCUT2D eigenvalue weighted by molar-refractivity contribution is 0.404. The summed E-state index contributed by atoms with van der Waals surface area (Å²) >= 11 is 11.4. The van der Waals surface area contributed by atoms with Crippen molar-refractivity contribution in [1.82, 2.24) is 5.32 Å². The largest absolute Gasteiger partial charge is 0.496 e. The fourth-order valence-corrected chi connectivity index (χ4v) is 3.86. The molecular weight excluding hydrogens is 370 g/mol. The standard InChI is InChI=1S/C16H17BrClNOS/c1-19-15(10-21-13-5-3-4-11(17)8-13)14-9-12(18)6-7-16(14)20-2/h3-9,15,19H,10H2,1-2H3. The van der Waals surface area contributed by atoms with Crippen molar-refractivity contribution in [3.05, 3.63) is 57.5 Å². The Morgan fingerprint density at radius 1 is 1.29 bits per heavy atom. The fourth-order valence-electron chi connectivity index (χ4n) is 2.04. The minimum atomic E-state index is 0.169. The number of methoxy groups -OCH3 is 1. The van der Waals surface area contributed by atoms with Crippen LogP contribution in [0.25, 0.3) is 0 Å². The molecule has 21 heavy (non-hydrogen) atoms. The second-order valence-electron chi connectivity index (χ2n) is 4.50. The van der Waals surface area contributed by atoms with Gasteiger partial charge in [0.1, 0.15) is 5.75 Å². The predicted molar refractivity (Wildman–Crippen MR) is 94.7 cm³/mol. The van der Waals surface area contributed by atoms with E-state index in [0.717, 1.165) is 26.6 Å². The van der Waals surface area contributed by atoms with Crippen molar-refractivity contribution in [2.75, 3.05) is 19.9 Å². The van der Waals surface area contributed by atoms with Gasteiger partial charge < -0.3 is 10.1 Å². The number of thioether (sulfide) groups is 1. The molecule has 2 rings (SSSR count). The SMILES string of the molecule is CNC(CSc1cccc(Br)c1)c1cc(Cl)ccc1OC. The topological polar surface area (TPSA) is 21.3 Å². The summed E-state index contributed by atoms with van der Waals surface area (Å²) in [5, 5.41) is 4.05. The van der Waals surface area contributed by atoms with E-state index in [-0.39, 0.29) is 6.04 Å². The van der Waals surface area contributed by atoms with E-state index < -0.39 is 0 Å². The number of nitrogens with one attached hydrogen (secondary N) is 1. The first-order valence-corrected chi connectivity index (χ1v) is 8.68. The second kappa shape index (κ2) is 8.08. The van der Waals surface area contributed by atoms with Crippen LogP contribution in [0.15, 0.2) is 51.8 Å². The van der Waals surface area contributed by atoms with Crippen LogP contribution >= 0.6 is 39.3 Å². The first-order chi connectivity index (χ1) is 10.1. The summed E-state index contributed by atoms with van der Waals surface area (Å²) in [7, 11) is 3.63. The van der Waals surface area contributed by atoms with Gasteiger partial charge in [0, 0.05) is 31.7 Å². The molecule has 0 saturated carbocycles. The highest BCUT2D eigenvalue weighted by Gasteiger charge is 2.15. The van der Waals surface area contributed by atoms with E-state index in [1.165, 1.54) is 4.90 Å². The Kier molecular flexibility index (Phi) is 6.42. The third-order valence-corrected chi connectivity index (χ3v) is 4.94. The van der Waals surface area contributed by atoms with Crippen LogP contribution in [0.3, 0.4) is 0 Å². The first-order valence-electron chi connectivity index (χ1n) is 6.53. The van der Waals surface area contributed by atoms with Gasteiger partial charge in [0.25, 0.3) is 0 Å². The summed E-state index contributed by atoms with van der Waals surface area (Å²) in [4.78, 5) is 1.23. The molecule has 0 saturated heterocycles. The van der Waals surface area contributed by atoms with Crippen molar-refractivity contribution in [2.24, 2.45) is 0 Å². The van der Waals surface area contributed by atoms with Gasteiger partial charge in [0.15, 0.2) is 0 Å². The van der Waals surface area contributed by atoms with E-state index in [9.17, 15) is 0 Å². The minimum Gasteiger partial charge on any atom is -0.496 e. The summed E-state index contributed by atoms with van der Waals surface area (Å²) in [5.74, 6) is 1.75. The smallest absolute Gasteiger partial charge is 0.123 e. The summed E-state index contributed by atoms with van der Waals surface area (Å²) < 4.78 is 6.53. The van der Waals surface area contributed by atoms with Gasteiger partial charge >= 0.3 is 0 Å². The molecule has 0 aliphatic rings. The van der Waals surface area contributed by atoms with Crippen LogP contribution in [0.4, 0.5) is 0 Å². The molecule has 5 heteroatoms. The average molecular weight is 387 g/mol. The van der Waals surface area contributed by atoms with E-state index in [1.807, 2.05) is 37.4 Å². The van der Waals surface area contributed by atoms with Crippen LogP contribution in [0.5, 0.6) is 5.75 Å². The maximum absolute atomic E-state index is 6.12. The molecule has 1 atom stereocenters. The first kappa shape index (κ1) is 16.7. The molecule has 0 heterocycles. The fraction of sp³-hybridized carbons (Fsp3) is 0.250. The molecule has 0 bridgehead atoms. The van der Waals surface area contributed by atoms with Crippen molar-refractivity contribution in [1.29, 1.82) is 0 Å². The summed E-state index contributed by atoms with van der Waals surface area (Å²) in [5.41, 5.74) is 1.08. The molecular formula is C16H17BrClNOS. The highest BCUT2D eigenvalue weighted by atomic mass is 79.9. The number of hydrogen-bond donors (Lipinski definition) is 1. The Balaban J connectivity index is 2.15. The van der Waals surface area contributed by atoms with Crippen LogP contribution < -0.4 is 10.1 Å². The third-order valence-electron chi connectivity index (χ3n) is 3.13. The van der Waals surface area contributed by atoms with Crippen LogP contribution in [0, 0.1) is 0 Å². The molecule has 112 valence electrons. The molecule has 0 amide bonds. The Morgan fingerprint density at radius 3 is 2.76 bits per heavy atom. The zero-order valence-corrected chi connectivity index (χ0v) is 15.1. The number of ether oxygens (including phenoxy) is 1. The summed E-state index contributed by atoms with van der Waals surface area (Å²) in [6.07, 6.45) is 0. The lowest BCUT2D eigenvalue weighted by Gasteiger charge is -2.19. The Bertz CT molecular complexity index is 609. The quantitative estimate of drug-likeness (QED) is 0.693. The van der Waals surface area contributed by atoms with Crippen molar-refractivity contribution < 1.29 is 4.74 Å². The minimum absolute atomic E-state index is 0.169. The maximum Gasteiger partial charge on any atom is 0.123 e. The Labute approximate surface area is 143 Å². The van der Waals surface area contributed by atoms with Gasteiger partial charge in [-0.15, -0.1) is 11.8 Å². The van der Waals surface area contributed by atoms with Gasteiger partial charge in [-0.25, -0.2) is 0 Å². The van der Waals surface area contributed by atoms with E-state index in [4.69, 9.17) is 16.3 Å². The van der Waals surface area contributed by atoms with Crippen LogP contribution in [0.1, 0.15) is 11.6 Å². The molecule has 0 radical (unpaired) electrons. The van der Waals surface area contributed by atoms with Crippen LogP contribution in [0.2, 0.25) is 5.02 Å². The third kappa shape index (κ3) is 4.65. The van der Waals surface area contributed by atoms with Gasteiger partial charge in [0.05, 0.1) is 7.11 Å². The van der Waals surface area contributed by atoms with Crippen molar-refractivity contribution >= 4 is 39.3 Å². The molecule has 2 aromatic rings. The van der Waals surface area contributed by atoms with Gasteiger partial charge in [-0.2, -0.15) is 0 Å². The van der Waals surface area contributed by atoms with Gasteiger partial charge in [-0.3, -0.25) is 0 Å². The van der Waals surface area contributed by atoms with Crippen molar-refractivity contribution in [3.63, 3.8) is 0 Å². The molecule has 0 aliphatic carbocycles. The summed E-state index contributed by atoms with van der Waals surface area (Å²) in [6.45, 7) is 0. The predicted octanol–water partition coefficient (Wildman–Crippen LogP) is 5.16. The number of halogens is 2. The second-order valence-corrected chi connectivity index (χ2v) is 6.94. The maximum atomic E-state index is 6.12. The van der Waals surface area contributed by atoms with Crippen molar-refractivity contribution in [3.8, 4) is 5.75 Å². The van der Waals surface area contributed by atoms with E-state index in [1.54, 1.807) is 18.9 Å². The van der Waals surface area contributed by atoms with E-state index in [0.29, 0.717) is 0 Å². The Hall–Kier alpha value is -0.680. The van der Waals surface area contributed by atoms with Crippen LogP contribution in [-0.4, -0.2) is 19.9 Å². The highest BCUT2D eigenvalue weighted by Crippen LogP contribution is 2.32. The van der Waals surface area contributed by atoms with E-state index >= 15 is 0 Å². The molecule has 2 aromatic carbocycles. The van der Waals surface area contributed by atoms with Gasteiger partial charge in [-0.1, -0.05) is 33.6 Å². The molecule has 1 N–H and O–H groups in total. The number of rotatable bonds is 6. The summed E-state index contributed by atoms with van der Waals surface area (Å²) in [6, 6.07) is 14.2. The van der Waals surface area contributed by atoms with Gasteiger partial charge in [0.2, 0.25) is 0 Å². The lowest BCUT2D eigenvalue weighted by Crippen LogP contribution is -2.19. The molecule has 0 aromatic heterocycles. The monoisotopic (exact) mass is 385 g/mol. The number of hydrogen-bond acceptors (Lipinski definition) is 3. The molecule has 0 spiro atoms. The molecule has 2 nitrogen and oxygen atoms in total. The average Bonchev–Trinajstić information content (AvgIpc) is 2.48. The molecule has 1 unspecified atom stereocenters. The van der Waals surface area contributed by atoms with E-state index in [2.05, 4.69) is 33.4 Å².